The Hall–Kier alpha value is -1.74. The fraction of sp³-hybridized carbons (Fsp3) is 0.474. The quantitative estimate of drug-likeness (QED) is 0.877. The van der Waals surface area contributed by atoms with Crippen LogP contribution < -0.4 is 5.32 Å². The zero-order valence-electron chi connectivity index (χ0n) is 13.6. The predicted molar refractivity (Wildman–Crippen MR) is 88.8 cm³/mol. The molecule has 2 bridgehead atoms. The molecule has 0 spiro atoms. The van der Waals surface area contributed by atoms with E-state index in [2.05, 4.69) is 53.6 Å². The minimum absolute atomic E-state index is 0.275. The Morgan fingerprint density at radius 3 is 2.82 bits per heavy atom. The molecule has 1 aromatic heterocycles. The zero-order valence-corrected chi connectivity index (χ0v) is 13.6. The number of hydrogen-bond donors (Lipinski definition) is 1. The molecular formula is C19H23N3. The molecule has 2 aliphatic rings. The van der Waals surface area contributed by atoms with Gasteiger partial charge in [-0.25, -0.2) is 0 Å². The summed E-state index contributed by atoms with van der Waals surface area (Å²) in [5, 5.41) is 12.3. The summed E-state index contributed by atoms with van der Waals surface area (Å²) in [6.07, 6.45) is 2.35. The maximum atomic E-state index is 4.36. The van der Waals surface area contributed by atoms with Crippen molar-refractivity contribution >= 4 is 0 Å². The standard InChI is InChI=1S/C19H23N3/c1-12-4-7-17(22-21-12)15-6-5-14-11-18-13(2)19(3,8-9-20-18)16(14)10-15/h4-7,10,13,18,20H,8-9,11H2,1-3H3/t13-,18?,19?/m1/s1. The van der Waals surface area contributed by atoms with Crippen LogP contribution in [0.1, 0.15) is 37.1 Å². The third-order valence-corrected chi connectivity index (χ3v) is 5.92. The van der Waals surface area contributed by atoms with E-state index in [1.165, 1.54) is 23.1 Å². The number of aryl methyl sites for hydroxylation is 1. The van der Waals surface area contributed by atoms with Gasteiger partial charge in [0.05, 0.1) is 11.4 Å². The SMILES string of the molecule is Cc1ccc(-c2ccc3c(c2)C2(C)CCNC(C3)[C@H]2C)nn1. The molecule has 2 heterocycles. The molecule has 4 rings (SSSR count). The number of piperidine rings is 1. The van der Waals surface area contributed by atoms with Gasteiger partial charge in [-0.1, -0.05) is 26.0 Å². The van der Waals surface area contributed by atoms with Crippen molar-refractivity contribution in [2.24, 2.45) is 5.92 Å². The molecule has 0 radical (unpaired) electrons. The van der Waals surface area contributed by atoms with Crippen molar-refractivity contribution in [3.8, 4) is 11.3 Å². The highest BCUT2D eigenvalue weighted by Gasteiger charge is 2.45. The van der Waals surface area contributed by atoms with Gasteiger partial charge >= 0.3 is 0 Å². The fourth-order valence-electron chi connectivity index (χ4n) is 4.23. The molecule has 2 unspecified atom stereocenters. The van der Waals surface area contributed by atoms with Gasteiger partial charge in [0.15, 0.2) is 0 Å². The summed E-state index contributed by atoms with van der Waals surface area (Å²) in [4.78, 5) is 0. The second-order valence-corrected chi connectivity index (χ2v) is 7.15. The Morgan fingerprint density at radius 2 is 2.05 bits per heavy atom. The average Bonchev–Trinajstić information content (AvgIpc) is 2.51. The van der Waals surface area contributed by atoms with Crippen LogP contribution in [0.15, 0.2) is 30.3 Å². The molecule has 1 aromatic carbocycles. The maximum absolute atomic E-state index is 4.36. The van der Waals surface area contributed by atoms with Crippen LogP contribution in [0.3, 0.4) is 0 Å². The molecule has 1 aliphatic heterocycles. The summed E-state index contributed by atoms with van der Waals surface area (Å²) in [5.74, 6) is 0.674. The van der Waals surface area contributed by atoms with Crippen LogP contribution in [0.4, 0.5) is 0 Å². The van der Waals surface area contributed by atoms with E-state index in [1.807, 2.05) is 13.0 Å². The summed E-state index contributed by atoms with van der Waals surface area (Å²) < 4.78 is 0. The largest absolute Gasteiger partial charge is 0.313 e. The van der Waals surface area contributed by atoms with E-state index in [9.17, 15) is 0 Å². The van der Waals surface area contributed by atoms with Crippen molar-refractivity contribution < 1.29 is 0 Å². The van der Waals surface area contributed by atoms with Crippen LogP contribution in [-0.2, 0) is 11.8 Å². The van der Waals surface area contributed by atoms with Crippen LogP contribution in [0, 0.1) is 12.8 Å². The first-order valence-electron chi connectivity index (χ1n) is 8.25. The molecule has 1 aliphatic carbocycles. The Balaban J connectivity index is 1.82. The number of aromatic nitrogens is 2. The normalized spacial score (nSPS) is 30.0. The molecule has 3 heteroatoms. The van der Waals surface area contributed by atoms with Gasteiger partial charge in [0, 0.05) is 11.6 Å². The smallest absolute Gasteiger partial charge is 0.0929 e. The van der Waals surface area contributed by atoms with Crippen LogP contribution in [-0.4, -0.2) is 22.8 Å². The van der Waals surface area contributed by atoms with Gasteiger partial charge in [-0.3, -0.25) is 0 Å². The lowest BCUT2D eigenvalue weighted by atomic mass is 9.59. The van der Waals surface area contributed by atoms with Gasteiger partial charge in [-0.2, -0.15) is 10.2 Å². The number of fused-ring (bicyclic) bond motifs is 4. The van der Waals surface area contributed by atoms with Gasteiger partial charge in [-0.15, -0.1) is 0 Å². The van der Waals surface area contributed by atoms with E-state index >= 15 is 0 Å². The summed E-state index contributed by atoms with van der Waals surface area (Å²) in [6.45, 7) is 7.94. The topological polar surface area (TPSA) is 37.8 Å². The highest BCUT2D eigenvalue weighted by molar-refractivity contribution is 5.62. The number of benzene rings is 1. The van der Waals surface area contributed by atoms with Crippen LogP contribution in [0.5, 0.6) is 0 Å². The van der Waals surface area contributed by atoms with Crippen LogP contribution >= 0.6 is 0 Å². The number of nitrogens with one attached hydrogen (secondary N) is 1. The lowest BCUT2D eigenvalue weighted by Gasteiger charge is -2.50. The summed E-state index contributed by atoms with van der Waals surface area (Å²) in [7, 11) is 0. The van der Waals surface area contributed by atoms with E-state index in [4.69, 9.17) is 0 Å². The van der Waals surface area contributed by atoms with Crippen molar-refractivity contribution in [3.63, 3.8) is 0 Å². The maximum Gasteiger partial charge on any atom is 0.0929 e. The first-order valence-corrected chi connectivity index (χ1v) is 8.25. The van der Waals surface area contributed by atoms with Gasteiger partial charge in [0.1, 0.15) is 0 Å². The minimum atomic E-state index is 0.275. The van der Waals surface area contributed by atoms with Crippen molar-refractivity contribution in [3.05, 3.63) is 47.2 Å². The lowest BCUT2D eigenvalue weighted by Crippen LogP contribution is -2.56. The second kappa shape index (κ2) is 4.88. The van der Waals surface area contributed by atoms with E-state index in [-0.39, 0.29) is 5.41 Å². The molecular weight excluding hydrogens is 270 g/mol. The summed E-state index contributed by atoms with van der Waals surface area (Å²) in [5.41, 5.74) is 6.43. The minimum Gasteiger partial charge on any atom is -0.313 e. The Bertz CT molecular complexity index is 707. The Labute approximate surface area is 132 Å². The van der Waals surface area contributed by atoms with Crippen LogP contribution in [0.2, 0.25) is 0 Å². The molecule has 1 N–H and O–H groups in total. The molecule has 114 valence electrons. The Kier molecular flexibility index (Phi) is 3.08. The van der Waals surface area contributed by atoms with E-state index in [0.29, 0.717) is 12.0 Å². The molecule has 0 saturated carbocycles. The molecule has 22 heavy (non-hydrogen) atoms. The highest BCUT2D eigenvalue weighted by atomic mass is 15.1. The van der Waals surface area contributed by atoms with E-state index in [0.717, 1.165) is 24.4 Å². The van der Waals surface area contributed by atoms with Gasteiger partial charge in [-0.05, 0) is 67.0 Å². The number of hydrogen-bond acceptors (Lipinski definition) is 3. The molecule has 2 aromatic rings. The van der Waals surface area contributed by atoms with Gasteiger partial charge in [0.25, 0.3) is 0 Å². The first kappa shape index (κ1) is 13.9. The summed E-state index contributed by atoms with van der Waals surface area (Å²) >= 11 is 0. The zero-order chi connectivity index (χ0) is 15.3. The predicted octanol–water partition coefficient (Wildman–Crippen LogP) is 3.26. The first-order chi connectivity index (χ1) is 10.6. The number of nitrogens with zero attached hydrogens (tertiary/aromatic N) is 2. The molecule has 3 atom stereocenters. The number of rotatable bonds is 1. The third-order valence-electron chi connectivity index (χ3n) is 5.92. The average molecular weight is 293 g/mol. The monoisotopic (exact) mass is 293 g/mol. The lowest BCUT2D eigenvalue weighted by molar-refractivity contribution is 0.158. The van der Waals surface area contributed by atoms with Gasteiger partial charge in [0.2, 0.25) is 0 Å². The van der Waals surface area contributed by atoms with Crippen molar-refractivity contribution in [1.29, 1.82) is 0 Å². The molecule has 0 amide bonds. The Morgan fingerprint density at radius 1 is 1.18 bits per heavy atom. The molecule has 1 saturated heterocycles. The second-order valence-electron chi connectivity index (χ2n) is 7.15. The summed E-state index contributed by atoms with van der Waals surface area (Å²) in [6, 6.07) is 11.6. The van der Waals surface area contributed by atoms with E-state index < -0.39 is 0 Å². The third kappa shape index (κ3) is 1.99. The van der Waals surface area contributed by atoms with Crippen LogP contribution in [0.25, 0.3) is 11.3 Å². The molecule has 1 fully saturated rings. The van der Waals surface area contributed by atoms with E-state index in [1.54, 1.807) is 0 Å². The molecule has 3 nitrogen and oxygen atoms in total. The van der Waals surface area contributed by atoms with Crippen molar-refractivity contribution in [2.45, 2.75) is 45.1 Å². The van der Waals surface area contributed by atoms with Crippen molar-refractivity contribution in [1.82, 2.24) is 15.5 Å². The highest BCUT2D eigenvalue weighted by Crippen LogP contribution is 2.46. The van der Waals surface area contributed by atoms with Crippen molar-refractivity contribution in [2.75, 3.05) is 6.54 Å². The van der Waals surface area contributed by atoms with Gasteiger partial charge < -0.3 is 5.32 Å². The fourth-order valence-corrected chi connectivity index (χ4v) is 4.23.